The molecule has 0 aliphatic heterocycles. The highest BCUT2D eigenvalue weighted by atomic mass is 35.5. The van der Waals surface area contributed by atoms with Crippen LogP contribution in [-0.2, 0) is 9.59 Å². The van der Waals surface area contributed by atoms with Crippen LogP contribution >= 0.6 is 11.6 Å². The van der Waals surface area contributed by atoms with Crippen LogP contribution in [0.3, 0.4) is 0 Å². The lowest BCUT2D eigenvalue weighted by Gasteiger charge is -2.19. The molecule has 0 saturated heterocycles. The van der Waals surface area contributed by atoms with Crippen molar-refractivity contribution in [1.29, 1.82) is 0 Å². The number of carbonyl (C=O) groups excluding carboxylic acids is 2. The lowest BCUT2D eigenvalue weighted by atomic mass is 10.3. The summed E-state index contributed by atoms with van der Waals surface area (Å²) < 4.78 is 1.72. The van der Waals surface area contributed by atoms with Crippen LogP contribution < -0.4 is 5.73 Å². The predicted molar refractivity (Wildman–Crippen MR) is 70.4 cm³/mol. The number of amides is 2. The van der Waals surface area contributed by atoms with Gasteiger partial charge in [0.05, 0.1) is 5.02 Å². The Bertz CT molecular complexity index is 549. The molecule has 0 aromatic carbocycles. The largest absolute Gasteiger partial charge is 0.480 e. The molecule has 0 bridgehead atoms. The second-order valence-electron chi connectivity index (χ2n) is 4.70. The van der Waals surface area contributed by atoms with Gasteiger partial charge < -0.3 is 20.3 Å². The third-order valence-electron chi connectivity index (χ3n) is 2.93. The fraction of sp³-hybridized carbons (Fsp3) is 0.417. The number of carboxylic acids is 1. The van der Waals surface area contributed by atoms with E-state index in [0.717, 1.165) is 17.7 Å². The Morgan fingerprint density at radius 1 is 1.40 bits per heavy atom. The summed E-state index contributed by atoms with van der Waals surface area (Å²) in [6.45, 7) is -1.03. The van der Waals surface area contributed by atoms with Crippen molar-refractivity contribution in [3.63, 3.8) is 0 Å². The Hall–Kier alpha value is -2.02. The van der Waals surface area contributed by atoms with Gasteiger partial charge in [-0.2, -0.15) is 0 Å². The van der Waals surface area contributed by atoms with Gasteiger partial charge in [-0.3, -0.25) is 14.4 Å². The lowest BCUT2D eigenvalue weighted by molar-refractivity contribution is -0.138. The van der Waals surface area contributed by atoms with Gasteiger partial charge in [-0.05, 0) is 18.9 Å². The molecule has 1 fully saturated rings. The van der Waals surface area contributed by atoms with Crippen LogP contribution in [0.25, 0.3) is 0 Å². The monoisotopic (exact) mass is 299 g/mol. The van der Waals surface area contributed by atoms with E-state index in [9.17, 15) is 14.4 Å². The molecule has 2 amide bonds. The maximum atomic E-state index is 12.4. The van der Waals surface area contributed by atoms with Crippen molar-refractivity contribution in [2.75, 3.05) is 13.1 Å². The molecular formula is C12H14ClN3O4. The number of halogens is 1. The third-order valence-corrected chi connectivity index (χ3v) is 3.14. The van der Waals surface area contributed by atoms with Gasteiger partial charge >= 0.3 is 5.97 Å². The molecule has 1 saturated carbocycles. The minimum absolute atomic E-state index is 0.210. The number of carboxylic acid groups (broad SMARTS) is 1. The number of hydrogen-bond donors (Lipinski definition) is 2. The average Bonchev–Trinajstić information content (AvgIpc) is 3.09. The van der Waals surface area contributed by atoms with E-state index < -0.39 is 30.9 Å². The molecule has 1 heterocycles. The van der Waals surface area contributed by atoms with E-state index in [1.807, 2.05) is 0 Å². The van der Waals surface area contributed by atoms with Gasteiger partial charge in [0, 0.05) is 12.2 Å². The number of nitrogens with two attached hydrogens (primary N) is 1. The standard InChI is InChI=1S/C12H14ClN3O4/c13-7-3-9(16(4-7)8-1-2-8)12(20)15(5-10(14)17)6-11(18)19/h3-4,8H,1-2,5-6H2,(H2,14,17)(H,18,19). The lowest BCUT2D eigenvalue weighted by Crippen LogP contribution is -2.42. The second kappa shape index (κ2) is 5.54. The minimum Gasteiger partial charge on any atom is -0.480 e. The van der Waals surface area contributed by atoms with Crippen LogP contribution in [0.2, 0.25) is 5.02 Å². The Morgan fingerprint density at radius 3 is 2.55 bits per heavy atom. The number of carbonyl (C=O) groups is 3. The Morgan fingerprint density at radius 2 is 2.05 bits per heavy atom. The molecule has 1 aromatic heterocycles. The summed E-state index contributed by atoms with van der Waals surface area (Å²) in [7, 11) is 0. The van der Waals surface area contributed by atoms with Crippen LogP contribution in [0.5, 0.6) is 0 Å². The van der Waals surface area contributed by atoms with Crippen molar-refractivity contribution >= 4 is 29.4 Å². The van der Waals surface area contributed by atoms with Gasteiger partial charge in [-0.15, -0.1) is 0 Å². The molecule has 7 nitrogen and oxygen atoms in total. The number of aliphatic carboxylic acids is 1. The summed E-state index contributed by atoms with van der Waals surface area (Å²) in [5, 5.41) is 9.21. The molecule has 1 aromatic rings. The topological polar surface area (TPSA) is 106 Å². The van der Waals surface area contributed by atoms with Crippen molar-refractivity contribution in [1.82, 2.24) is 9.47 Å². The van der Waals surface area contributed by atoms with Crippen molar-refractivity contribution in [3.05, 3.63) is 23.0 Å². The molecular weight excluding hydrogens is 286 g/mol. The highest BCUT2D eigenvalue weighted by Crippen LogP contribution is 2.37. The molecule has 3 N–H and O–H groups in total. The normalized spacial score (nSPS) is 14.1. The molecule has 108 valence electrons. The fourth-order valence-corrected chi connectivity index (χ4v) is 2.19. The van der Waals surface area contributed by atoms with Crippen LogP contribution in [-0.4, -0.2) is 45.4 Å². The zero-order chi connectivity index (χ0) is 14.9. The number of rotatable bonds is 6. The molecule has 0 unspecified atom stereocenters. The van der Waals surface area contributed by atoms with E-state index in [1.165, 1.54) is 6.07 Å². The molecule has 2 rings (SSSR count). The first kappa shape index (κ1) is 14.4. The summed E-state index contributed by atoms with van der Waals surface area (Å²) in [5.41, 5.74) is 5.32. The molecule has 1 aliphatic rings. The minimum atomic E-state index is -1.21. The van der Waals surface area contributed by atoms with Crippen molar-refractivity contribution in [2.45, 2.75) is 18.9 Å². The third kappa shape index (κ3) is 3.30. The number of hydrogen-bond acceptors (Lipinski definition) is 3. The van der Waals surface area contributed by atoms with Gasteiger partial charge in [-0.1, -0.05) is 11.6 Å². The van der Waals surface area contributed by atoms with Crippen LogP contribution in [0, 0.1) is 0 Å². The molecule has 8 heteroatoms. The first-order chi connectivity index (χ1) is 9.38. The molecule has 0 atom stereocenters. The van der Waals surface area contributed by atoms with E-state index in [-0.39, 0.29) is 11.7 Å². The predicted octanol–water partition coefficient (Wildman–Crippen LogP) is 0.488. The van der Waals surface area contributed by atoms with Crippen LogP contribution in [0.4, 0.5) is 0 Å². The zero-order valence-corrected chi connectivity index (χ0v) is 11.3. The van der Waals surface area contributed by atoms with E-state index in [2.05, 4.69) is 0 Å². The maximum Gasteiger partial charge on any atom is 0.323 e. The van der Waals surface area contributed by atoms with Crippen LogP contribution in [0.1, 0.15) is 29.4 Å². The Labute approximate surface area is 119 Å². The number of nitrogens with zero attached hydrogens (tertiary/aromatic N) is 2. The number of aromatic nitrogens is 1. The first-order valence-corrected chi connectivity index (χ1v) is 6.43. The molecule has 1 aliphatic carbocycles. The van der Waals surface area contributed by atoms with Crippen molar-refractivity contribution in [2.24, 2.45) is 5.73 Å². The zero-order valence-electron chi connectivity index (χ0n) is 10.6. The van der Waals surface area contributed by atoms with Gasteiger partial charge in [-0.25, -0.2) is 0 Å². The molecule has 0 spiro atoms. The number of primary amides is 1. The molecule has 20 heavy (non-hydrogen) atoms. The highest BCUT2D eigenvalue weighted by molar-refractivity contribution is 6.31. The average molecular weight is 300 g/mol. The Kier molecular flexibility index (Phi) is 3.99. The molecule has 0 radical (unpaired) electrons. The SMILES string of the molecule is NC(=O)CN(CC(=O)O)C(=O)c1cc(Cl)cn1C1CC1. The summed E-state index contributed by atoms with van der Waals surface area (Å²) >= 11 is 5.90. The van der Waals surface area contributed by atoms with Gasteiger partial charge in [0.25, 0.3) is 5.91 Å². The van der Waals surface area contributed by atoms with E-state index in [0.29, 0.717) is 5.02 Å². The maximum absolute atomic E-state index is 12.4. The quantitative estimate of drug-likeness (QED) is 0.797. The van der Waals surface area contributed by atoms with E-state index in [1.54, 1.807) is 10.8 Å². The van der Waals surface area contributed by atoms with Gasteiger partial charge in [0.1, 0.15) is 18.8 Å². The summed E-state index contributed by atoms with van der Waals surface area (Å²) in [6.07, 6.45) is 3.52. The van der Waals surface area contributed by atoms with Crippen LogP contribution in [0.15, 0.2) is 12.3 Å². The van der Waals surface area contributed by atoms with Gasteiger partial charge in [0.15, 0.2) is 0 Å². The van der Waals surface area contributed by atoms with Crippen molar-refractivity contribution < 1.29 is 19.5 Å². The van der Waals surface area contributed by atoms with E-state index in [4.69, 9.17) is 22.4 Å². The van der Waals surface area contributed by atoms with Crippen molar-refractivity contribution in [3.8, 4) is 0 Å². The fourth-order valence-electron chi connectivity index (χ4n) is 1.98. The van der Waals surface area contributed by atoms with Gasteiger partial charge in [0.2, 0.25) is 5.91 Å². The smallest absolute Gasteiger partial charge is 0.323 e. The Balaban J connectivity index is 2.26. The highest BCUT2D eigenvalue weighted by Gasteiger charge is 2.30. The summed E-state index contributed by atoms with van der Waals surface area (Å²) in [6, 6.07) is 1.68. The second-order valence-corrected chi connectivity index (χ2v) is 5.14. The summed E-state index contributed by atoms with van der Waals surface area (Å²) in [5.74, 6) is -2.55. The van der Waals surface area contributed by atoms with E-state index >= 15 is 0 Å². The summed E-state index contributed by atoms with van der Waals surface area (Å²) in [4.78, 5) is 35.0. The first-order valence-electron chi connectivity index (χ1n) is 6.05.